The van der Waals surface area contributed by atoms with Crippen LogP contribution in [0.5, 0.6) is 0 Å². The molecule has 1 aliphatic carbocycles. The summed E-state index contributed by atoms with van der Waals surface area (Å²) in [6.45, 7) is 0. The minimum Gasteiger partial charge on any atom is -0.565 e. The first kappa shape index (κ1) is 9.64. The molecule has 0 aliphatic heterocycles. The number of carbonyl (C=O) groups excluding carboxylic acids is 1. The van der Waals surface area contributed by atoms with Gasteiger partial charge in [-0.1, -0.05) is 12.1 Å². The summed E-state index contributed by atoms with van der Waals surface area (Å²) >= 11 is 0. The monoisotopic (exact) mass is 208 g/mol. The van der Waals surface area contributed by atoms with Crippen molar-refractivity contribution in [2.45, 2.75) is 12.3 Å². The van der Waals surface area contributed by atoms with E-state index in [-0.39, 0.29) is 17.5 Å². The van der Waals surface area contributed by atoms with Crippen molar-refractivity contribution in [3.8, 4) is 0 Å². The van der Waals surface area contributed by atoms with Crippen LogP contribution in [0.15, 0.2) is 24.3 Å². The molecule has 0 spiro atoms. The van der Waals surface area contributed by atoms with Crippen LogP contribution in [0.25, 0.3) is 0 Å². The fraction of sp³-hybridized carbons (Fsp3) is 0.300. The van der Waals surface area contributed by atoms with Crippen LogP contribution in [0.1, 0.15) is 17.9 Å². The van der Waals surface area contributed by atoms with Gasteiger partial charge in [-0.15, -0.1) is 0 Å². The Labute approximate surface area is 85.5 Å². The number of nitrogens with zero attached hydrogens (tertiary/aromatic N) is 1. The average Bonchev–Trinajstić information content (AvgIpc) is 2.97. The minimum absolute atomic E-state index is 0.0492. The summed E-state index contributed by atoms with van der Waals surface area (Å²) in [6, 6.07) is 6.18. The molecule has 2 N–H and O–H groups in total. The molecule has 0 aromatic heterocycles. The highest BCUT2D eigenvalue weighted by Crippen LogP contribution is 2.47. The number of nitro groups is 1. The lowest BCUT2D eigenvalue weighted by atomic mass is 10.1. The third-order valence-electron chi connectivity index (χ3n) is 2.66. The van der Waals surface area contributed by atoms with Gasteiger partial charge in [0, 0.05) is 22.8 Å². The number of nitro benzene ring substituents is 1. The summed E-state index contributed by atoms with van der Waals surface area (Å²) in [6.07, 6.45) is 0.695. The summed E-state index contributed by atoms with van der Waals surface area (Å²) < 4.78 is 0. The molecule has 0 heterocycles. The van der Waals surface area contributed by atoms with Gasteiger partial charge in [-0.05, 0) is 12.0 Å². The van der Waals surface area contributed by atoms with Crippen molar-refractivity contribution in [3.05, 3.63) is 39.9 Å². The molecule has 2 atom stereocenters. The predicted octanol–water partition coefficient (Wildman–Crippen LogP) is 0.950. The Morgan fingerprint density at radius 3 is 2.40 bits per heavy atom. The van der Waals surface area contributed by atoms with E-state index >= 15 is 0 Å². The summed E-state index contributed by atoms with van der Waals surface area (Å²) in [4.78, 5) is 20.7. The molecule has 1 aliphatic rings. The molecule has 1 aromatic rings. The fourth-order valence-corrected chi connectivity index (χ4v) is 1.70. The zero-order valence-electron chi connectivity index (χ0n) is 7.84. The Morgan fingerprint density at radius 2 is 2.00 bits per heavy atom. The Bertz CT molecular complexity index is 412. The van der Waals surface area contributed by atoms with Crippen LogP contribution in [0, 0.1) is 16.0 Å². The van der Waals surface area contributed by atoms with E-state index in [9.17, 15) is 14.9 Å². The molecule has 0 amide bonds. The van der Waals surface area contributed by atoms with Gasteiger partial charge in [-0.2, -0.15) is 0 Å². The van der Waals surface area contributed by atoms with Gasteiger partial charge in [0.05, 0.1) is 4.92 Å². The molecular formula is C10H10NO4+. The number of hydrogen-bond donors (Lipinski definition) is 0. The Kier molecular flexibility index (Phi) is 2.15. The maximum absolute atomic E-state index is 10.7. The highest BCUT2D eigenvalue weighted by molar-refractivity contribution is 5.75. The van der Waals surface area contributed by atoms with Crippen molar-refractivity contribution < 1.29 is 14.8 Å². The molecule has 0 bridgehead atoms. The Hall–Kier alpha value is -1.91. The van der Waals surface area contributed by atoms with Crippen molar-refractivity contribution in [1.29, 1.82) is 0 Å². The molecule has 0 radical (unpaired) electrons. The van der Waals surface area contributed by atoms with E-state index in [1.807, 2.05) is 0 Å². The lowest BCUT2D eigenvalue weighted by Gasteiger charge is -1.96. The maximum atomic E-state index is 10.7. The van der Waals surface area contributed by atoms with Gasteiger partial charge in [0.15, 0.2) is 0 Å². The lowest BCUT2D eigenvalue weighted by Crippen LogP contribution is -1.98. The van der Waals surface area contributed by atoms with Crippen molar-refractivity contribution in [2.75, 3.05) is 0 Å². The van der Waals surface area contributed by atoms with Gasteiger partial charge < -0.3 is 5.11 Å². The van der Waals surface area contributed by atoms with Crippen LogP contribution in [0.3, 0.4) is 0 Å². The number of non-ortho nitro benzene ring substituents is 1. The summed E-state index contributed by atoms with van der Waals surface area (Å²) in [5.41, 5.74) is 0.958. The first-order chi connectivity index (χ1) is 7.09. The van der Waals surface area contributed by atoms with Crippen LogP contribution in [-0.2, 0) is 4.79 Å². The zero-order chi connectivity index (χ0) is 11.0. The molecule has 2 rings (SSSR count). The van der Waals surface area contributed by atoms with E-state index in [1.54, 1.807) is 12.1 Å². The Balaban J connectivity index is 2.12. The second-order valence-corrected chi connectivity index (χ2v) is 3.66. The molecule has 78 valence electrons. The van der Waals surface area contributed by atoms with Gasteiger partial charge >= 0.3 is 5.97 Å². The Morgan fingerprint density at radius 1 is 1.40 bits per heavy atom. The number of rotatable bonds is 3. The topological polar surface area (TPSA) is 83.1 Å². The molecule has 1 fully saturated rings. The minimum atomic E-state index is -0.543. The standard InChI is InChI=1S/C10H9NO4/c12-10(13)9-5-8(9)6-1-3-7(4-2-6)11(14)15/h1-4,8-9H,5H2,(H,12,13)/p+1. The molecule has 5 heteroatoms. The number of carbonyl (C=O) groups is 1. The van der Waals surface area contributed by atoms with E-state index < -0.39 is 10.9 Å². The van der Waals surface area contributed by atoms with Gasteiger partial charge in [0.2, 0.25) is 0 Å². The second kappa shape index (κ2) is 3.34. The maximum Gasteiger partial charge on any atom is 0.519 e. The second-order valence-electron chi connectivity index (χ2n) is 3.66. The highest BCUT2D eigenvalue weighted by atomic mass is 16.6. The summed E-state index contributed by atoms with van der Waals surface area (Å²) in [7, 11) is 0. The normalized spacial score (nSPS) is 23.5. The third-order valence-corrected chi connectivity index (χ3v) is 2.66. The van der Waals surface area contributed by atoms with E-state index in [0.717, 1.165) is 5.56 Å². The van der Waals surface area contributed by atoms with Gasteiger partial charge in [0.25, 0.3) is 5.69 Å². The van der Waals surface area contributed by atoms with Crippen LogP contribution in [0.2, 0.25) is 0 Å². The summed E-state index contributed by atoms with van der Waals surface area (Å²) in [5.74, 6) is -0.652. The van der Waals surface area contributed by atoms with Crippen molar-refractivity contribution in [1.82, 2.24) is 0 Å². The van der Waals surface area contributed by atoms with Crippen molar-refractivity contribution in [3.63, 3.8) is 0 Å². The molecule has 5 nitrogen and oxygen atoms in total. The molecule has 15 heavy (non-hydrogen) atoms. The molecule has 0 saturated heterocycles. The number of hydrogen-bond acceptors (Lipinski definition) is 3. The van der Waals surface area contributed by atoms with Crippen LogP contribution in [0.4, 0.5) is 5.69 Å². The van der Waals surface area contributed by atoms with E-state index in [4.69, 9.17) is 5.11 Å². The van der Waals surface area contributed by atoms with Crippen molar-refractivity contribution in [2.24, 2.45) is 5.92 Å². The average molecular weight is 208 g/mol. The molecule has 1 aromatic carbocycles. The quantitative estimate of drug-likeness (QED) is 0.421. The van der Waals surface area contributed by atoms with Crippen LogP contribution in [-0.4, -0.2) is 16.0 Å². The van der Waals surface area contributed by atoms with E-state index in [0.29, 0.717) is 6.42 Å². The lowest BCUT2D eigenvalue weighted by molar-refractivity contribution is -0.384. The zero-order valence-corrected chi connectivity index (χ0v) is 7.84. The largest absolute Gasteiger partial charge is 0.565 e. The molecular weight excluding hydrogens is 198 g/mol. The summed E-state index contributed by atoms with van der Waals surface area (Å²) in [5, 5.41) is 17.3. The SMILES string of the molecule is O=C([OH2+])C1CC1c1ccc([N+](=O)[O-])cc1. The first-order valence-electron chi connectivity index (χ1n) is 4.59. The highest BCUT2D eigenvalue weighted by Gasteiger charge is 2.49. The molecule has 2 unspecified atom stereocenters. The van der Waals surface area contributed by atoms with E-state index in [1.165, 1.54) is 12.1 Å². The first-order valence-corrected chi connectivity index (χ1v) is 4.59. The predicted molar refractivity (Wildman–Crippen MR) is 52.6 cm³/mol. The molecule has 1 saturated carbocycles. The fourth-order valence-electron chi connectivity index (χ4n) is 1.70. The van der Waals surface area contributed by atoms with Crippen LogP contribution < -0.4 is 0 Å². The smallest absolute Gasteiger partial charge is 0.519 e. The van der Waals surface area contributed by atoms with Crippen molar-refractivity contribution >= 4 is 11.7 Å². The third kappa shape index (κ3) is 1.81. The van der Waals surface area contributed by atoms with Crippen LogP contribution >= 0.6 is 0 Å². The van der Waals surface area contributed by atoms with Gasteiger partial charge in [0.1, 0.15) is 5.92 Å². The number of benzene rings is 1. The van der Waals surface area contributed by atoms with Gasteiger partial charge in [-0.25, -0.2) is 0 Å². The van der Waals surface area contributed by atoms with E-state index in [2.05, 4.69) is 0 Å². The van der Waals surface area contributed by atoms with Gasteiger partial charge in [-0.3, -0.25) is 10.1 Å².